The summed E-state index contributed by atoms with van der Waals surface area (Å²) in [5, 5.41) is 28.0. The Morgan fingerprint density at radius 3 is 2.16 bits per heavy atom. The quantitative estimate of drug-likeness (QED) is 0.182. The molecule has 2 aromatic rings. The van der Waals surface area contributed by atoms with E-state index in [0.29, 0.717) is 36.5 Å². The van der Waals surface area contributed by atoms with Crippen LogP contribution in [0.3, 0.4) is 0 Å². The molecule has 1 heterocycles. The van der Waals surface area contributed by atoms with Crippen LogP contribution in [0.1, 0.15) is 85.3 Å². The van der Waals surface area contributed by atoms with Crippen LogP contribution >= 0.6 is 0 Å². The van der Waals surface area contributed by atoms with Crippen molar-refractivity contribution in [1.82, 2.24) is 4.90 Å². The molecule has 0 unspecified atom stereocenters. The first-order valence-corrected chi connectivity index (χ1v) is 14.2. The summed E-state index contributed by atoms with van der Waals surface area (Å²) in [5.41, 5.74) is 4.13. The molecule has 0 spiro atoms. The van der Waals surface area contributed by atoms with Crippen LogP contribution in [0.5, 0.6) is 0 Å². The van der Waals surface area contributed by atoms with Crippen LogP contribution < -0.4 is 0 Å². The second kappa shape index (κ2) is 15.0. The zero-order chi connectivity index (χ0) is 31.7. The highest BCUT2D eigenvalue weighted by molar-refractivity contribution is 6.27. The summed E-state index contributed by atoms with van der Waals surface area (Å²) in [6.45, 7) is 5.67. The molecule has 0 atom stereocenters. The van der Waals surface area contributed by atoms with Crippen LogP contribution in [0.2, 0.25) is 0 Å². The molecular formula is C31H37F3N2O7. The summed E-state index contributed by atoms with van der Waals surface area (Å²) in [5.74, 6) is -4.71. The van der Waals surface area contributed by atoms with Gasteiger partial charge >= 0.3 is 24.1 Å². The maximum absolute atomic E-state index is 13.8. The first-order chi connectivity index (χ1) is 20.3. The van der Waals surface area contributed by atoms with E-state index in [1.165, 1.54) is 6.07 Å². The van der Waals surface area contributed by atoms with Crippen molar-refractivity contribution in [3.05, 3.63) is 69.8 Å². The number of rotatable bonds is 9. The van der Waals surface area contributed by atoms with Crippen molar-refractivity contribution in [2.24, 2.45) is 11.1 Å². The van der Waals surface area contributed by atoms with Gasteiger partial charge in [0.15, 0.2) is 0 Å². The lowest BCUT2D eigenvalue weighted by molar-refractivity contribution is -0.159. The predicted octanol–water partition coefficient (Wildman–Crippen LogP) is 5.93. The summed E-state index contributed by atoms with van der Waals surface area (Å²) in [7, 11) is 0. The van der Waals surface area contributed by atoms with Gasteiger partial charge in [0.2, 0.25) is 0 Å². The minimum Gasteiger partial charge on any atom is -0.481 e. The van der Waals surface area contributed by atoms with E-state index in [-0.39, 0.29) is 18.4 Å². The van der Waals surface area contributed by atoms with Crippen LogP contribution in [-0.2, 0) is 45.0 Å². The highest BCUT2D eigenvalue weighted by atomic mass is 19.4. The second-order valence-electron chi connectivity index (χ2n) is 10.9. The number of carboxylic acid groups (broad SMARTS) is 3. The highest BCUT2D eigenvalue weighted by Gasteiger charge is 2.36. The summed E-state index contributed by atoms with van der Waals surface area (Å²) in [6, 6.07) is 10.6. The Balaban J connectivity index is 0.000000765. The largest absolute Gasteiger partial charge is 0.481 e. The standard InChI is InChI=1S/C29H35F3N2O3.C2H2O4/c1-3-21-14-23(10-11-24(21)15-34-16-25(17-34)28(35)36)19(2)33-37-18-20-9-12-26(22-7-5-4-6-8-22)27(13-20)29(30,31)32;3-1(4)2(5)6/h9-14,22,25H,3-8,15-18H2,1-2H3,(H,35,36);(H,3,4)(H,5,6)/b33-19+;. The van der Waals surface area contributed by atoms with E-state index in [1.807, 2.05) is 25.1 Å². The smallest absolute Gasteiger partial charge is 0.416 e. The monoisotopic (exact) mass is 606 g/mol. The van der Waals surface area contributed by atoms with Gasteiger partial charge in [0, 0.05) is 19.6 Å². The number of carboxylic acids is 3. The van der Waals surface area contributed by atoms with Gasteiger partial charge in [0.1, 0.15) is 6.61 Å². The van der Waals surface area contributed by atoms with Crippen LogP contribution in [-0.4, -0.2) is 56.9 Å². The van der Waals surface area contributed by atoms with Crippen molar-refractivity contribution in [2.75, 3.05) is 13.1 Å². The average Bonchev–Trinajstić information content (AvgIpc) is 2.94. The third-order valence-corrected chi connectivity index (χ3v) is 7.79. The topological polar surface area (TPSA) is 137 Å². The Hall–Kier alpha value is -3.93. The molecule has 3 N–H and O–H groups in total. The van der Waals surface area contributed by atoms with Crippen LogP contribution in [0, 0.1) is 5.92 Å². The molecule has 4 rings (SSSR count). The first-order valence-electron chi connectivity index (χ1n) is 14.2. The number of alkyl halides is 3. The number of carbonyl (C=O) groups is 3. The molecule has 2 aliphatic rings. The zero-order valence-electron chi connectivity index (χ0n) is 24.2. The number of aryl methyl sites for hydroxylation is 1. The SMILES string of the molecule is CCc1cc(/C(C)=N/OCc2ccc(C3CCCCC3)c(C(F)(F)F)c2)ccc1CN1CC(C(=O)O)C1.O=C(O)C(=O)O. The number of benzene rings is 2. The van der Waals surface area contributed by atoms with Gasteiger partial charge in [-0.25, -0.2) is 9.59 Å². The molecule has 234 valence electrons. The van der Waals surface area contributed by atoms with E-state index in [4.69, 9.17) is 29.7 Å². The normalized spacial score (nSPS) is 16.5. The second-order valence-corrected chi connectivity index (χ2v) is 10.9. The molecule has 0 radical (unpaired) electrons. The van der Waals surface area contributed by atoms with Crippen molar-refractivity contribution in [3.63, 3.8) is 0 Å². The van der Waals surface area contributed by atoms with Crippen molar-refractivity contribution >= 4 is 23.6 Å². The van der Waals surface area contributed by atoms with Gasteiger partial charge in [-0.15, -0.1) is 0 Å². The zero-order valence-corrected chi connectivity index (χ0v) is 24.2. The Kier molecular flexibility index (Phi) is 11.7. The molecule has 9 nitrogen and oxygen atoms in total. The fraction of sp³-hybridized carbons (Fsp3) is 0.484. The average molecular weight is 607 g/mol. The summed E-state index contributed by atoms with van der Waals surface area (Å²) in [6.07, 6.45) is 1.08. The van der Waals surface area contributed by atoms with Gasteiger partial charge in [-0.05, 0) is 72.1 Å². The van der Waals surface area contributed by atoms with E-state index in [9.17, 15) is 18.0 Å². The molecule has 1 saturated heterocycles. The highest BCUT2D eigenvalue weighted by Crippen LogP contribution is 2.41. The Bertz CT molecular complexity index is 1320. The maximum atomic E-state index is 13.8. The summed E-state index contributed by atoms with van der Waals surface area (Å²) < 4.78 is 41.5. The molecule has 2 aromatic carbocycles. The lowest BCUT2D eigenvalue weighted by atomic mass is 9.81. The first kappa shape index (κ1) is 33.6. The van der Waals surface area contributed by atoms with Gasteiger partial charge in [0.25, 0.3) is 0 Å². The number of aliphatic carboxylic acids is 3. The number of likely N-dealkylation sites (tertiary alicyclic amines) is 1. The summed E-state index contributed by atoms with van der Waals surface area (Å²) >= 11 is 0. The molecule has 43 heavy (non-hydrogen) atoms. The summed E-state index contributed by atoms with van der Waals surface area (Å²) in [4.78, 5) is 36.8. The number of oxime groups is 1. The molecular weight excluding hydrogens is 569 g/mol. The van der Waals surface area contributed by atoms with Crippen molar-refractivity contribution in [3.8, 4) is 0 Å². The van der Waals surface area contributed by atoms with Crippen LogP contribution in [0.4, 0.5) is 13.2 Å². The lowest BCUT2D eigenvalue weighted by Gasteiger charge is -2.37. The Morgan fingerprint density at radius 2 is 1.60 bits per heavy atom. The third-order valence-electron chi connectivity index (χ3n) is 7.79. The van der Waals surface area contributed by atoms with Crippen molar-refractivity contribution < 1.29 is 47.7 Å². The molecule has 1 aliphatic heterocycles. The Morgan fingerprint density at radius 1 is 0.953 bits per heavy atom. The molecule has 2 fully saturated rings. The van der Waals surface area contributed by atoms with Crippen LogP contribution in [0.25, 0.3) is 0 Å². The van der Waals surface area contributed by atoms with E-state index in [0.717, 1.165) is 55.2 Å². The molecule has 0 aromatic heterocycles. The molecule has 12 heteroatoms. The maximum Gasteiger partial charge on any atom is 0.416 e. The minimum absolute atomic E-state index is 0.0315. The van der Waals surface area contributed by atoms with Gasteiger partial charge < -0.3 is 20.2 Å². The van der Waals surface area contributed by atoms with E-state index >= 15 is 0 Å². The predicted molar refractivity (Wildman–Crippen MR) is 152 cm³/mol. The number of hydrogen-bond donors (Lipinski definition) is 3. The fourth-order valence-electron chi connectivity index (χ4n) is 5.40. The molecule has 0 bridgehead atoms. The van der Waals surface area contributed by atoms with Gasteiger partial charge in [-0.1, -0.05) is 55.6 Å². The van der Waals surface area contributed by atoms with E-state index in [1.54, 1.807) is 12.1 Å². The van der Waals surface area contributed by atoms with Gasteiger partial charge in [-0.2, -0.15) is 13.2 Å². The van der Waals surface area contributed by atoms with Gasteiger partial charge in [0.05, 0.1) is 17.2 Å². The lowest BCUT2D eigenvalue weighted by Crippen LogP contribution is -2.49. The van der Waals surface area contributed by atoms with Crippen molar-refractivity contribution in [1.29, 1.82) is 0 Å². The molecule has 0 amide bonds. The van der Waals surface area contributed by atoms with Crippen LogP contribution in [0.15, 0.2) is 41.6 Å². The fourth-order valence-corrected chi connectivity index (χ4v) is 5.40. The van der Waals surface area contributed by atoms with E-state index in [2.05, 4.69) is 17.0 Å². The molecule has 1 saturated carbocycles. The number of halogens is 3. The minimum atomic E-state index is -4.40. The number of hydrogen-bond acceptors (Lipinski definition) is 6. The third kappa shape index (κ3) is 9.54. The van der Waals surface area contributed by atoms with Crippen molar-refractivity contribution in [2.45, 2.75) is 77.6 Å². The Labute approximate surface area is 248 Å². The number of nitrogens with zero attached hydrogens (tertiary/aromatic N) is 2. The van der Waals surface area contributed by atoms with Gasteiger partial charge in [-0.3, -0.25) is 9.69 Å². The van der Waals surface area contributed by atoms with E-state index < -0.39 is 29.6 Å². The molecule has 1 aliphatic carbocycles.